The molecule has 0 aliphatic carbocycles. The number of β-amino-alcohol motifs (C(OH)–C–C–N with tert-alkyl or cyclic N) is 1. The maximum Gasteiger partial charge on any atom is 0.410 e. The van der Waals surface area contributed by atoms with Gasteiger partial charge >= 0.3 is 12.2 Å². The summed E-state index contributed by atoms with van der Waals surface area (Å²) in [6.45, 7) is 5.69. The van der Waals surface area contributed by atoms with Crippen molar-refractivity contribution in [2.75, 3.05) is 13.1 Å². The molecule has 9 heteroatoms. The van der Waals surface area contributed by atoms with Crippen molar-refractivity contribution >= 4 is 23.1 Å². The molecule has 5 rings (SSSR count). The minimum absolute atomic E-state index is 0.0280. The third-order valence-corrected chi connectivity index (χ3v) is 6.80. The molecule has 2 aliphatic heterocycles. The molecule has 0 bridgehead atoms. The van der Waals surface area contributed by atoms with Crippen LogP contribution in [0.2, 0.25) is 0 Å². The normalized spacial score (nSPS) is 23.7. The van der Waals surface area contributed by atoms with Crippen LogP contribution in [0, 0.1) is 5.82 Å². The summed E-state index contributed by atoms with van der Waals surface area (Å²) in [5.41, 5.74) is 1.58. The Morgan fingerprint density at radius 3 is 2.50 bits per heavy atom. The summed E-state index contributed by atoms with van der Waals surface area (Å²) in [4.78, 5) is 32.5. The van der Waals surface area contributed by atoms with Gasteiger partial charge in [-0.1, -0.05) is 30.3 Å². The van der Waals surface area contributed by atoms with E-state index in [0.29, 0.717) is 5.52 Å². The third-order valence-electron chi connectivity index (χ3n) is 6.80. The smallest absolute Gasteiger partial charge is 0.410 e. The summed E-state index contributed by atoms with van der Waals surface area (Å²) >= 11 is 0. The second kappa shape index (κ2) is 9.13. The predicted molar refractivity (Wildman–Crippen MR) is 131 cm³/mol. The molecule has 2 aromatic carbocycles. The van der Waals surface area contributed by atoms with Gasteiger partial charge in [0.1, 0.15) is 18.0 Å². The molecular weight excluding hydrogens is 465 g/mol. The van der Waals surface area contributed by atoms with Crippen LogP contribution in [0.4, 0.5) is 14.0 Å². The van der Waals surface area contributed by atoms with Gasteiger partial charge in [0.15, 0.2) is 0 Å². The Morgan fingerprint density at radius 2 is 1.78 bits per heavy atom. The van der Waals surface area contributed by atoms with Gasteiger partial charge in [-0.2, -0.15) is 0 Å². The molecule has 4 atom stereocenters. The number of aliphatic hydroxyl groups excluding tert-OH is 1. The molecule has 2 N–H and O–H groups in total. The topological polar surface area (TPSA) is 95.1 Å². The molecule has 0 spiro atoms. The lowest BCUT2D eigenvalue weighted by Crippen LogP contribution is -2.46. The molecule has 190 valence electrons. The van der Waals surface area contributed by atoms with Crippen LogP contribution in [-0.4, -0.2) is 69.0 Å². The van der Waals surface area contributed by atoms with Crippen molar-refractivity contribution < 1.29 is 28.6 Å². The highest BCUT2D eigenvalue weighted by atomic mass is 19.1. The number of aliphatic hydroxyl groups is 1. The van der Waals surface area contributed by atoms with Crippen LogP contribution in [-0.2, 0) is 16.1 Å². The minimum atomic E-state index is -0.973. The number of nitrogens with one attached hydrogen (secondary N) is 1. The van der Waals surface area contributed by atoms with E-state index in [1.807, 2.05) is 30.3 Å². The number of rotatable bonds is 3. The summed E-state index contributed by atoms with van der Waals surface area (Å²) < 4.78 is 25.0. The number of benzene rings is 2. The summed E-state index contributed by atoms with van der Waals surface area (Å²) in [7, 11) is 0. The number of halogens is 1. The van der Waals surface area contributed by atoms with Crippen molar-refractivity contribution in [1.29, 1.82) is 0 Å². The molecule has 8 nitrogen and oxygen atoms in total. The zero-order valence-electron chi connectivity index (χ0n) is 20.5. The van der Waals surface area contributed by atoms with E-state index in [-0.39, 0.29) is 31.4 Å². The predicted octanol–water partition coefficient (Wildman–Crippen LogP) is 4.39. The molecular formula is C27H30FN3O5. The monoisotopic (exact) mass is 495 g/mol. The first-order chi connectivity index (χ1) is 17.1. The minimum Gasteiger partial charge on any atom is -0.445 e. The summed E-state index contributed by atoms with van der Waals surface area (Å²) in [5, 5.41) is 11.8. The van der Waals surface area contributed by atoms with E-state index >= 15 is 0 Å². The lowest BCUT2D eigenvalue weighted by molar-refractivity contribution is 0.0197. The van der Waals surface area contributed by atoms with Gasteiger partial charge in [-0.05, 0) is 50.1 Å². The van der Waals surface area contributed by atoms with Gasteiger partial charge in [-0.3, -0.25) is 9.80 Å². The largest absolute Gasteiger partial charge is 0.445 e. The molecule has 2 amide bonds. The van der Waals surface area contributed by atoms with E-state index in [2.05, 4.69) is 4.98 Å². The van der Waals surface area contributed by atoms with Gasteiger partial charge in [-0.25, -0.2) is 14.0 Å². The number of carbonyl (C=O) groups excluding carboxylic acids is 2. The highest BCUT2D eigenvalue weighted by molar-refractivity contribution is 5.84. The van der Waals surface area contributed by atoms with E-state index in [9.17, 15) is 19.1 Å². The molecule has 3 heterocycles. The molecule has 3 aromatic rings. The molecule has 1 aromatic heterocycles. The van der Waals surface area contributed by atoms with Crippen LogP contribution in [0.1, 0.15) is 37.8 Å². The van der Waals surface area contributed by atoms with Gasteiger partial charge in [0.25, 0.3) is 0 Å². The number of hydrogen-bond donors (Lipinski definition) is 2. The van der Waals surface area contributed by atoms with Gasteiger partial charge in [-0.15, -0.1) is 0 Å². The van der Waals surface area contributed by atoms with E-state index < -0.39 is 36.0 Å². The molecule has 4 unspecified atom stereocenters. The molecule has 2 aliphatic rings. The van der Waals surface area contributed by atoms with Crippen LogP contribution in [0.25, 0.3) is 10.9 Å². The first kappa shape index (κ1) is 24.1. The number of fused-ring (bicyclic) bond motifs is 2. The first-order valence-corrected chi connectivity index (χ1v) is 12.0. The lowest BCUT2D eigenvalue weighted by Gasteiger charge is -2.30. The number of nitrogens with zero attached hydrogens (tertiary/aromatic N) is 2. The van der Waals surface area contributed by atoms with E-state index in [4.69, 9.17) is 9.47 Å². The Hall–Kier alpha value is -3.59. The SMILES string of the molecule is CC(C)(C)OC(=O)N1CC(O)C2C1C(c1c[nH]c3cc(F)ccc13)CN2C(=O)OCc1ccccc1. The zero-order valence-corrected chi connectivity index (χ0v) is 20.5. The molecule has 0 saturated carbocycles. The Morgan fingerprint density at radius 1 is 1.06 bits per heavy atom. The highest BCUT2D eigenvalue weighted by Crippen LogP contribution is 2.44. The van der Waals surface area contributed by atoms with Crippen molar-refractivity contribution in [2.45, 2.75) is 57.1 Å². The molecule has 0 radical (unpaired) electrons. The Kier molecular flexibility index (Phi) is 6.12. The fourth-order valence-electron chi connectivity index (χ4n) is 5.36. The van der Waals surface area contributed by atoms with E-state index in [0.717, 1.165) is 16.5 Å². The molecule has 36 heavy (non-hydrogen) atoms. The number of carbonyl (C=O) groups is 2. The Labute approximate surface area is 208 Å². The summed E-state index contributed by atoms with van der Waals surface area (Å²) in [6, 6.07) is 12.6. The average Bonchev–Trinajstić information content (AvgIpc) is 3.50. The highest BCUT2D eigenvalue weighted by Gasteiger charge is 2.57. The molecule has 2 saturated heterocycles. The number of aromatic amines is 1. The van der Waals surface area contributed by atoms with Crippen LogP contribution < -0.4 is 0 Å². The summed E-state index contributed by atoms with van der Waals surface area (Å²) in [6.07, 6.45) is -0.306. The van der Waals surface area contributed by atoms with E-state index in [1.165, 1.54) is 21.9 Å². The number of hydrogen-bond acceptors (Lipinski definition) is 5. The van der Waals surface area contributed by atoms with Crippen LogP contribution in [0.3, 0.4) is 0 Å². The average molecular weight is 496 g/mol. The zero-order chi connectivity index (χ0) is 25.6. The second-order valence-corrected chi connectivity index (χ2v) is 10.4. The van der Waals surface area contributed by atoms with Crippen molar-refractivity contribution in [3.63, 3.8) is 0 Å². The number of aromatic nitrogens is 1. The second-order valence-electron chi connectivity index (χ2n) is 10.4. The van der Waals surface area contributed by atoms with Gasteiger partial charge < -0.3 is 19.6 Å². The van der Waals surface area contributed by atoms with Crippen molar-refractivity contribution in [2.24, 2.45) is 0 Å². The quantitative estimate of drug-likeness (QED) is 0.562. The van der Waals surface area contributed by atoms with E-state index in [1.54, 1.807) is 33.0 Å². The van der Waals surface area contributed by atoms with Crippen LogP contribution in [0.5, 0.6) is 0 Å². The van der Waals surface area contributed by atoms with Gasteiger partial charge in [0, 0.05) is 29.6 Å². The Balaban J connectivity index is 1.48. The van der Waals surface area contributed by atoms with Crippen molar-refractivity contribution in [1.82, 2.24) is 14.8 Å². The fraction of sp³-hybridized carbons (Fsp3) is 0.407. The maximum atomic E-state index is 13.8. The Bertz CT molecular complexity index is 1270. The van der Waals surface area contributed by atoms with Crippen LogP contribution >= 0.6 is 0 Å². The van der Waals surface area contributed by atoms with Crippen molar-refractivity contribution in [3.8, 4) is 0 Å². The number of likely N-dealkylation sites (tertiary alicyclic amines) is 2. The first-order valence-electron chi connectivity index (χ1n) is 12.0. The van der Waals surface area contributed by atoms with Gasteiger partial charge in [0.05, 0.1) is 24.7 Å². The number of ether oxygens (including phenoxy) is 2. The van der Waals surface area contributed by atoms with Gasteiger partial charge in [0.2, 0.25) is 0 Å². The van der Waals surface area contributed by atoms with Crippen LogP contribution in [0.15, 0.2) is 54.7 Å². The summed E-state index contributed by atoms with van der Waals surface area (Å²) in [5.74, 6) is -0.707. The lowest BCUT2D eigenvalue weighted by atomic mass is 9.91. The standard InChI is InChI=1S/C27H30FN3O5/c1-27(2,3)36-26(34)31-14-22(32)24-23(31)20(19-12-29-21-11-17(28)9-10-18(19)21)13-30(24)25(33)35-15-16-7-5-4-6-8-16/h4-12,20,22-24,29,32H,13-15H2,1-3H3. The number of amides is 2. The third kappa shape index (κ3) is 4.51. The maximum absolute atomic E-state index is 13.8. The number of H-pyrrole nitrogens is 1. The fourth-order valence-corrected chi connectivity index (χ4v) is 5.36. The van der Waals surface area contributed by atoms with Crippen molar-refractivity contribution in [3.05, 3.63) is 71.7 Å². The molecule has 2 fully saturated rings.